The fourth-order valence-corrected chi connectivity index (χ4v) is 7.11. The number of hydrogen-bond donors (Lipinski definition) is 2. The summed E-state index contributed by atoms with van der Waals surface area (Å²) in [6.07, 6.45) is 5.47. The van der Waals surface area contributed by atoms with E-state index in [1.54, 1.807) is 4.90 Å². The Kier molecular flexibility index (Phi) is 9.19. The Morgan fingerprint density at radius 1 is 1.18 bits per heavy atom. The lowest BCUT2D eigenvalue weighted by Gasteiger charge is -2.43. The summed E-state index contributed by atoms with van der Waals surface area (Å²) in [5.74, 6) is 0.441. The minimum atomic E-state index is -1.26. The number of nitrogens with one attached hydrogen (secondary N) is 2. The molecule has 1 aliphatic carbocycles. The predicted octanol–water partition coefficient (Wildman–Crippen LogP) is 2.72. The summed E-state index contributed by atoms with van der Waals surface area (Å²) in [5, 5.41) is 5.94. The first kappa shape index (κ1) is 27.1. The third kappa shape index (κ3) is 6.60. The molecular weight excluding hydrogens is 472 g/mol. The number of urea groups is 2. The lowest BCUT2D eigenvalue weighted by molar-refractivity contribution is -0.135. The van der Waals surface area contributed by atoms with Gasteiger partial charge in [0.2, 0.25) is 0 Å². The quantitative estimate of drug-likeness (QED) is 0.250. The first-order valence-corrected chi connectivity index (χ1v) is 17.9. The molecular formula is C23H42N4O5SSi. The standard InChI is InChI=1S/C23H42N4O5SSi/c1-5-6-11-24-21(29)25-19-9-7-18(8-10-19)14-27-22(30)26(17-32-12-13-34(2,3)4)20(28)23(27)15-33(31)16-23/h18-19H,5-17H2,1-4H3,(H2,24,25,29). The van der Waals surface area contributed by atoms with Gasteiger partial charge in [0.1, 0.15) is 12.3 Å². The monoisotopic (exact) mass is 514 g/mol. The zero-order valence-corrected chi connectivity index (χ0v) is 23.0. The Hall–Kier alpha value is -1.46. The molecule has 9 nitrogen and oxygen atoms in total. The van der Waals surface area contributed by atoms with Crippen LogP contribution >= 0.6 is 0 Å². The van der Waals surface area contributed by atoms with Crippen LogP contribution in [0.15, 0.2) is 0 Å². The molecule has 0 aromatic carbocycles. The van der Waals surface area contributed by atoms with Gasteiger partial charge in [-0.1, -0.05) is 33.0 Å². The van der Waals surface area contributed by atoms with E-state index in [1.165, 1.54) is 4.90 Å². The van der Waals surface area contributed by atoms with Crippen LogP contribution in [0.3, 0.4) is 0 Å². The van der Waals surface area contributed by atoms with E-state index in [2.05, 4.69) is 37.2 Å². The minimum Gasteiger partial charge on any atom is -0.361 e. The van der Waals surface area contributed by atoms with Gasteiger partial charge < -0.3 is 20.3 Å². The molecule has 3 aliphatic rings. The third-order valence-electron chi connectivity index (χ3n) is 7.08. The second-order valence-electron chi connectivity index (χ2n) is 11.2. The van der Waals surface area contributed by atoms with E-state index in [0.29, 0.717) is 19.7 Å². The summed E-state index contributed by atoms with van der Waals surface area (Å²) in [5.41, 5.74) is -0.960. The molecule has 1 spiro atoms. The molecule has 2 N–H and O–H groups in total. The fraction of sp³-hybridized carbons (Fsp3) is 0.870. The van der Waals surface area contributed by atoms with Gasteiger partial charge in [-0.05, 0) is 44.1 Å². The van der Waals surface area contributed by atoms with Crippen molar-refractivity contribution < 1.29 is 23.3 Å². The molecule has 1 saturated carbocycles. The van der Waals surface area contributed by atoms with Gasteiger partial charge in [-0.2, -0.15) is 0 Å². The van der Waals surface area contributed by atoms with E-state index in [-0.39, 0.29) is 48.2 Å². The minimum absolute atomic E-state index is 0.0309. The number of carbonyl (C=O) groups is 3. The van der Waals surface area contributed by atoms with Gasteiger partial charge in [0.05, 0.1) is 11.5 Å². The van der Waals surface area contributed by atoms with Gasteiger partial charge in [-0.25, -0.2) is 14.5 Å². The number of amides is 5. The van der Waals surface area contributed by atoms with Crippen LogP contribution in [0.5, 0.6) is 0 Å². The Bertz CT molecular complexity index is 774. The summed E-state index contributed by atoms with van der Waals surface area (Å²) >= 11 is 0. The zero-order valence-electron chi connectivity index (χ0n) is 21.2. The highest BCUT2D eigenvalue weighted by Crippen LogP contribution is 2.38. The molecule has 2 aliphatic heterocycles. The van der Waals surface area contributed by atoms with E-state index in [0.717, 1.165) is 44.6 Å². The predicted molar refractivity (Wildman–Crippen MR) is 136 cm³/mol. The summed E-state index contributed by atoms with van der Waals surface area (Å²) < 4.78 is 17.7. The lowest BCUT2D eigenvalue weighted by Crippen LogP contribution is -2.65. The molecule has 2 saturated heterocycles. The molecule has 0 unspecified atom stereocenters. The average Bonchev–Trinajstić information content (AvgIpc) is 2.94. The number of nitrogens with zero attached hydrogens (tertiary/aromatic N) is 2. The molecule has 3 rings (SSSR count). The van der Waals surface area contributed by atoms with Gasteiger partial charge in [-0.3, -0.25) is 9.00 Å². The van der Waals surface area contributed by atoms with Crippen LogP contribution in [0.2, 0.25) is 25.7 Å². The van der Waals surface area contributed by atoms with Gasteiger partial charge in [0.15, 0.2) is 0 Å². The maximum absolute atomic E-state index is 13.2. The van der Waals surface area contributed by atoms with Crippen LogP contribution < -0.4 is 10.6 Å². The molecule has 194 valence electrons. The van der Waals surface area contributed by atoms with Crippen LogP contribution in [-0.4, -0.2) is 89.6 Å². The summed E-state index contributed by atoms with van der Waals surface area (Å²) in [6.45, 7) is 10.5. The number of hydrogen-bond acceptors (Lipinski definition) is 5. The summed E-state index contributed by atoms with van der Waals surface area (Å²) in [4.78, 5) is 41.3. The number of ether oxygens (including phenoxy) is 1. The van der Waals surface area contributed by atoms with E-state index in [1.807, 2.05) is 0 Å². The van der Waals surface area contributed by atoms with Gasteiger partial charge >= 0.3 is 12.1 Å². The van der Waals surface area contributed by atoms with Gasteiger partial charge in [-0.15, -0.1) is 0 Å². The zero-order chi connectivity index (χ0) is 24.9. The SMILES string of the molecule is CCCCNC(=O)NC1CCC(CN2C(=O)N(COCC[Si](C)(C)C)C(=O)C23CS(=O)C3)CC1. The van der Waals surface area contributed by atoms with Crippen molar-refractivity contribution in [2.24, 2.45) is 5.92 Å². The highest BCUT2D eigenvalue weighted by Gasteiger charge is 2.63. The number of unbranched alkanes of at least 4 members (excludes halogenated alkanes) is 1. The van der Waals surface area contributed by atoms with E-state index < -0.39 is 24.4 Å². The Balaban J connectivity index is 1.52. The second-order valence-corrected chi connectivity index (χ2v) is 18.3. The van der Waals surface area contributed by atoms with Crippen LogP contribution in [-0.2, 0) is 20.3 Å². The first-order valence-electron chi connectivity index (χ1n) is 12.7. The van der Waals surface area contributed by atoms with Crippen molar-refractivity contribution in [3.05, 3.63) is 0 Å². The lowest BCUT2D eigenvalue weighted by atomic mass is 9.85. The molecule has 0 aromatic rings. The van der Waals surface area contributed by atoms with Crippen molar-refractivity contribution in [2.75, 3.05) is 37.9 Å². The highest BCUT2D eigenvalue weighted by molar-refractivity contribution is 7.86. The first-order chi connectivity index (χ1) is 16.1. The highest BCUT2D eigenvalue weighted by atomic mass is 32.2. The Morgan fingerprint density at radius 3 is 2.44 bits per heavy atom. The topological polar surface area (TPSA) is 108 Å². The third-order valence-corrected chi connectivity index (χ3v) is 10.4. The Morgan fingerprint density at radius 2 is 1.85 bits per heavy atom. The van der Waals surface area contributed by atoms with Gasteiger partial charge in [0.25, 0.3) is 5.91 Å². The van der Waals surface area contributed by atoms with Gasteiger partial charge in [0, 0.05) is 44.6 Å². The molecule has 2 heterocycles. The number of rotatable bonds is 11. The van der Waals surface area contributed by atoms with Crippen molar-refractivity contribution >= 4 is 36.8 Å². The summed E-state index contributed by atoms with van der Waals surface area (Å²) in [7, 11) is -2.33. The van der Waals surface area contributed by atoms with Crippen LogP contribution in [0.4, 0.5) is 9.59 Å². The second kappa shape index (κ2) is 11.5. The molecule has 11 heteroatoms. The summed E-state index contributed by atoms with van der Waals surface area (Å²) in [6, 6.07) is 0.675. The molecule has 0 radical (unpaired) electrons. The molecule has 0 bridgehead atoms. The fourth-order valence-electron chi connectivity index (χ4n) is 4.82. The average molecular weight is 515 g/mol. The molecule has 0 atom stereocenters. The van der Waals surface area contributed by atoms with Crippen molar-refractivity contribution in [2.45, 2.75) is 82.7 Å². The van der Waals surface area contributed by atoms with Crippen molar-refractivity contribution in [1.29, 1.82) is 0 Å². The maximum Gasteiger partial charge on any atom is 0.329 e. The number of carbonyl (C=O) groups excluding carboxylic acids is 3. The van der Waals surface area contributed by atoms with E-state index in [4.69, 9.17) is 4.74 Å². The largest absolute Gasteiger partial charge is 0.361 e. The maximum atomic E-state index is 13.2. The molecule has 34 heavy (non-hydrogen) atoms. The molecule has 3 fully saturated rings. The molecule has 5 amide bonds. The van der Waals surface area contributed by atoms with E-state index >= 15 is 0 Å². The van der Waals surface area contributed by atoms with Crippen molar-refractivity contribution in [3.8, 4) is 0 Å². The van der Waals surface area contributed by atoms with E-state index in [9.17, 15) is 18.6 Å². The smallest absolute Gasteiger partial charge is 0.329 e. The van der Waals surface area contributed by atoms with Crippen LogP contribution in [0.25, 0.3) is 0 Å². The molecule has 0 aromatic heterocycles. The van der Waals surface area contributed by atoms with Crippen LogP contribution in [0, 0.1) is 5.92 Å². The van der Waals surface area contributed by atoms with Crippen LogP contribution in [0.1, 0.15) is 45.4 Å². The Labute approximate surface area is 207 Å². The number of imide groups is 1. The van der Waals surface area contributed by atoms with Crippen molar-refractivity contribution in [3.63, 3.8) is 0 Å². The van der Waals surface area contributed by atoms with Crippen molar-refractivity contribution in [1.82, 2.24) is 20.4 Å². The normalized spacial score (nSPS) is 29.5.